The highest BCUT2D eigenvalue weighted by atomic mass is 16.4. The first kappa shape index (κ1) is 8.48. The molecule has 19 heavy (non-hydrogen) atoms. The van der Waals surface area contributed by atoms with E-state index in [9.17, 15) is 14.7 Å². The van der Waals surface area contributed by atoms with Crippen LogP contribution in [-0.2, 0) is 9.59 Å². The summed E-state index contributed by atoms with van der Waals surface area (Å²) in [5.41, 5.74) is -5.15. The second kappa shape index (κ2) is 5.13. The SMILES string of the molecule is [2H]C1=C(C([2H])([2H])[2H])[C@](O)(/C=C/C(C)=C/C(=O)O)C(C)(C)C([2H])([2H])C1=O. The molecule has 0 aromatic heterocycles. The molecule has 0 amide bonds. The number of hydrogen-bond donors (Lipinski definition) is 2. The van der Waals surface area contributed by atoms with Crippen molar-refractivity contribution < 1.29 is 28.0 Å². The maximum absolute atomic E-state index is 12.2. The average molecular weight is 270 g/mol. The third kappa shape index (κ3) is 3.20. The maximum Gasteiger partial charge on any atom is 0.328 e. The Morgan fingerprint density at radius 1 is 1.63 bits per heavy atom. The third-order valence-corrected chi connectivity index (χ3v) is 2.94. The van der Waals surface area contributed by atoms with E-state index < -0.39 is 47.6 Å². The van der Waals surface area contributed by atoms with Crippen LogP contribution >= 0.6 is 0 Å². The zero-order valence-electron chi connectivity index (χ0n) is 16.9. The van der Waals surface area contributed by atoms with Crippen LogP contribution in [0.3, 0.4) is 0 Å². The molecular weight excluding hydrogens is 244 g/mol. The Morgan fingerprint density at radius 2 is 2.26 bits per heavy atom. The van der Waals surface area contributed by atoms with Crippen molar-refractivity contribution >= 4 is 11.8 Å². The molecule has 0 spiro atoms. The number of carboxylic acid groups (broad SMARTS) is 1. The van der Waals surface area contributed by atoms with Crippen LogP contribution in [0.1, 0.15) is 42.2 Å². The second-order valence-corrected chi connectivity index (χ2v) is 4.91. The number of ketones is 1. The van der Waals surface area contributed by atoms with Crippen molar-refractivity contribution in [2.24, 2.45) is 5.41 Å². The van der Waals surface area contributed by atoms with Crippen LogP contribution in [0, 0.1) is 5.41 Å². The molecule has 104 valence electrons. The highest BCUT2D eigenvalue weighted by Gasteiger charge is 2.46. The highest BCUT2D eigenvalue weighted by Crippen LogP contribution is 2.44. The van der Waals surface area contributed by atoms with Crippen molar-refractivity contribution in [1.29, 1.82) is 0 Å². The molecule has 2 N–H and O–H groups in total. The Bertz CT molecular complexity index is 699. The van der Waals surface area contributed by atoms with Crippen LogP contribution in [0.25, 0.3) is 0 Å². The van der Waals surface area contributed by atoms with Gasteiger partial charge in [-0.05, 0) is 37.0 Å². The Morgan fingerprint density at radius 3 is 2.79 bits per heavy atom. The molecule has 0 unspecified atom stereocenters. The Balaban J connectivity index is 3.78. The molecule has 0 aromatic rings. The van der Waals surface area contributed by atoms with Crippen molar-refractivity contribution in [1.82, 2.24) is 0 Å². The van der Waals surface area contributed by atoms with Crippen LogP contribution in [0.5, 0.6) is 0 Å². The van der Waals surface area contributed by atoms with Gasteiger partial charge in [-0.25, -0.2) is 4.79 Å². The van der Waals surface area contributed by atoms with Gasteiger partial charge in [-0.3, -0.25) is 4.79 Å². The molecule has 0 saturated carbocycles. The topological polar surface area (TPSA) is 74.6 Å². The van der Waals surface area contributed by atoms with E-state index in [1.165, 1.54) is 20.8 Å². The molecule has 1 aliphatic rings. The van der Waals surface area contributed by atoms with Crippen molar-refractivity contribution in [3.63, 3.8) is 0 Å². The minimum atomic E-state index is -3.02. The first-order valence-electron chi connectivity index (χ1n) is 8.59. The lowest BCUT2D eigenvalue weighted by molar-refractivity contribution is -0.131. The predicted octanol–water partition coefficient (Wildman–Crippen LogP) is 2.25. The first-order valence-corrected chi connectivity index (χ1v) is 5.59. The molecule has 4 heteroatoms. The fourth-order valence-electron chi connectivity index (χ4n) is 1.72. The fourth-order valence-corrected chi connectivity index (χ4v) is 1.72. The number of hydrogen-bond acceptors (Lipinski definition) is 3. The lowest BCUT2D eigenvalue weighted by Crippen LogP contribution is -2.48. The summed E-state index contributed by atoms with van der Waals surface area (Å²) in [6.07, 6.45) is 0.168. The molecule has 0 saturated heterocycles. The predicted molar refractivity (Wildman–Crippen MR) is 72.6 cm³/mol. The third-order valence-electron chi connectivity index (χ3n) is 2.94. The van der Waals surface area contributed by atoms with Crippen LogP contribution < -0.4 is 0 Å². The summed E-state index contributed by atoms with van der Waals surface area (Å²) in [4.78, 5) is 22.9. The van der Waals surface area contributed by atoms with E-state index in [-0.39, 0.29) is 5.57 Å². The van der Waals surface area contributed by atoms with Crippen LogP contribution in [0.15, 0.2) is 35.4 Å². The summed E-state index contributed by atoms with van der Waals surface area (Å²) >= 11 is 0. The summed E-state index contributed by atoms with van der Waals surface area (Å²) < 4.78 is 46.5. The van der Waals surface area contributed by atoms with Crippen molar-refractivity contribution in [2.75, 3.05) is 0 Å². The van der Waals surface area contributed by atoms with E-state index in [1.54, 1.807) is 0 Å². The molecular formula is C15H20O4. The number of rotatable bonds is 3. The van der Waals surface area contributed by atoms with Gasteiger partial charge in [0.15, 0.2) is 5.78 Å². The van der Waals surface area contributed by atoms with Crippen LogP contribution in [0.4, 0.5) is 0 Å². The molecule has 0 heterocycles. The van der Waals surface area contributed by atoms with Gasteiger partial charge in [0.05, 0.1) is 1.37 Å². The Hall–Kier alpha value is -1.68. The molecule has 0 aromatic carbocycles. The van der Waals surface area contributed by atoms with Gasteiger partial charge < -0.3 is 10.2 Å². The van der Waals surface area contributed by atoms with E-state index in [1.807, 2.05) is 0 Å². The van der Waals surface area contributed by atoms with Gasteiger partial charge in [-0.2, -0.15) is 0 Å². The molecule has 0 bridgehead atoms. The molecule has 0 fully saturated rings. The molecule has 1 atom stereocenters. The lowest BCUT2D eigenvalue weighted by Gasteiger charge is -2.43. The molecule has 1 rings (SSSR count). The molecule has 1 aliphatic carbocycles. The number of aliphatic hydroxyl groups is 1. The van der Waals surface area contributed by atoms with Gasteiger partial charge in [0.25, 0.3) is 0 Å². The van der Waals surface area contributed by atoms with Gasteiger partial charge in [-0.15, -0.1) is 0 Å². The van der Waals surface area contributed by atoms with Crippen LogP contribution in [0.2, 0.25) is 0 Å². The Kier molecular flexibility index (Phi) is 2.29. The monoisotopic (exact) mass is 270 g/mol. The van der Waals surface area contributed by atoms with Crippen molar-refractivity contribution in [3.05, 3.63) is 35.4 Å². The van der Waals surface area contributed by atoms with Crippen molar-refractivity contribution in [2.45, 2.75) is 39.6 Å². The lowest BCUT2D eigenvalue weighted by atomic mass is 9.64. The number of aliphatic carboxylic acids is 1. The van der Waals surface area contributed by atoms with Crippen LogP contribution in [-0.4, -0.2) is 27.6 Å². The minimum absolute atomic E-state index is 0.158. The normalized spacial score (nSPS) is 36.0. The van der Waals surface area contributed by atoms with E-state index >= 15 is 0 Å². The zero-order valence-corrected chi connectivity index (χ0v) is 10.9. The quantitative estimate of drug-likeness (QED) is 0.609. The van der Waals surface area contributed by atoms with Gasteiger partial charge in [0, 0.05) is 24.7 Å². The second-order valence-electron chi connectivity index (χ2n) is 4.91. The number of carboxylic acids is 1. The van der Waals surface area contributed by atoms with E-state index in [0.717, 1.165) is 18.2 Å². The van der Waals surface area contributed by atoms with Gasteiger partial charge >= 0.3 is 5.97 Å². The van der Waals surface area contributed by atoms with Gasteiger partial charge in [0.2, 0.25) is 0 Å². The standard InChI is InChI=1S/C15H20O4/c1-10(7-13(17)18)5-6-15(19)11(2)8-12(16)9-14(15,3)4/h5-8,19H,9H2,1-4H3,(H,17,18)/b6-5+,10-7+/t15-/m1/s1/i2D3,8D,9D2. The summed E-state index contributed by atoms with van der Waals surface area (Å²) in [7, 11) is 0. The zero-order chi connectivity index (χ0) is 20.0. The summed E-state index contributed by atoms with van der Waals surface area (Å²) in [6.45, 7) is 0.737. The highest BCUT2D eigenvalue weighted by molar-refractivity contribution is 5.92. The molecule has 0 aliphatic heterocycles. The van der Waals surface area contributed by atoms with E-state index in [4.69, 9.17) is 13.3 Å². The van der Waals surface area contributed by atoms with E-state index in [2.05, 4.69) is 0 Å². The number of allylic oxidation sites excluding steroid dienone is 3. The van der Waals surface area contributed by atoms with E-state index in [0.29, 0.717) is 0 Å². The van der Waals surface area contributed by atoms with Crippen molar-refractivity contribution in [3.8, 4) is 0 Å². The first-order chi connectivity index (χ1) is 11.0. The maximum atomic E-state index is 12.2. The van der Waals surface area contributed by atoms with Gasteiger partial charge in [-0.1, -0.05) is 19.9 Å². The number of carbonyl (C=O) groups excluding carboxylic acids is 1. The summed E-state index contributed by atoms with van der Waals surface area (Å²) in [5, 5.41) is 19.8. The largest absolute Gasteiger partial charge is 0.478 e. The molecule has 4 nitrogen and oxygen atoms in total. The summed E-state index contributed by atoms with van der Waals surface area (Å²) in [5.74, 6) is -2.57. The number of carbonyl (C=O) groups is 2. The smallest absolute Gasteiger partial charge is 0.328 e. The van der Waals surface area contributed by atoms with Gasteiger partial charge in [0.1, 0.15) is 5.60 Å². The average Bonchev–Trinajstić information content (AvgIpc) is 2.40. The fraction of sp³-hybridized carbons (Fsp3) is 0.467. The summed E-state index contributed by atoms with van der Waals surface area (Å²) in [6, 6.07) is -1.10. The Labute approximate surface area is 121 Å². The minimum Gasteiger partial charge on any atom is -0.478 e. The molecule has 0 radical (unpaired) electrons.